The number of nitrogens with zero attached hydrogens (tertiary/aromatic N) is 5. The van der Waals surface area contributed by atoms with Gasteiger partial charge in [0.15, 0.2) is 5.65 Å². The van der Waals surface area contributed by atoms with E-state index in [-0.39, 0.29) is 5.70 Å². The van der Waals surface area contributed by atoms with Crippen LogP contribution in [0.4, 0.5) is 16.7 Å². The summed E-state index contributed by atoms with van der Waals surface area (Å²) < 4.78 is 1.61. The minimum absolute atomic E-state index is 0.150. The average molecular weight is 448 g/mol. The van der Waals surface area contributed by atoms with Crippen molar-refractivity contribution in [3.63, 3.8) is 0 Å². The monoisotopic (exact) mass is 447 g/mol. The number of aromatic nitrogens is 4. The largest absolute Gasteiger partial charge is 0.351 e. The van der Waals surface area contributed by atoms with Crippen LogP contribution in [-0.2, 0) is 17.9 Å². The van der Waals surface area contributed by atoms with Crippen LogP contribution in [0, 0.1) is 0 Å². The van der Waals surface area contributed by atoms with Crippen LogP contribution in [0.25, 0.3) is 11.7 Å². The van der Waals surface area contributed by atoms with E-state index in [4.69, 9.17) is 0 Å². The number of benzene rings is 1. The second-order valence-electron chi connectivity index (χ2n) is 8.50. The molecular weight excluding hydrogens is 422 g/mol. The maximum atomic E-state index is 11.9. The van der Waals surface area contributed by atoms with Gasteiger partial charge in [-0.25, -0.2) is 4.79 Å². The van der Waals surface area contributed by atoms with E-state index in [1.54, 1.807) is 16.8 Å². The van der Waals surface area contributed by atoms with Crippen LogP contribution in [0.5, 0.6) is 0 Å². The molecule has 170 valence electrons. The maximum Gasteiger partial charge on any atom is 0.326 e. The number of fused-ring (bicyclic) bond motifs is 1. The van der Waals surface area contributed by atoms with Crippen LogP contribution in [0.1, 0.15) is 29.5 Å². The fourth-order valence-electron chi connectivity index (χ4n) is 3.60. The lowest BCUT2D eigenvalue weighted by atomic mass is 10.1. The van der Waals surface area contributed by atoms with Crippen molar-refractivity contribution in [2.45, 2.75) is 32.0 Å². The van der Waals surface area contributed by atoms with Gasteiger partial charge in [0, 0.05) is 24.7 Å². The van der Waals surface area contributed by atoms with Crippen LogP contribution in [0.15, 0.2) is 36.2 Å². The van der Waals surface area contributed by atoms with E-state index in [9.17, 15) is 9.59 Å². The molecule has 1 aliphatic heterocycles. The number of carbonyl (C=O) groups excluding carboxylic acids is 2. The molecule has 3 aromatic rings. The van der Waals surface area contributed by atoms with Gasteiger partial charge in [-0.15, -0.1) is 0 Å². The summed E-state index contributed by atoms with van der Waals surface area (Å²) in [5, 5.41) is 15.8. The Morgan fingerprint density at radius 1 is 1.18 bits per heavy atom. The fourth-order valence-corrected chi connectivity index (χ4v) is 3.60. The summed E-state index contributed by atoms with van der Waals surface area (Å²) in [6, 6.07) is 8.18. The molecule has 1 aromatic carbocycles. The third-order valence-corrected chi connectivity index (χ3v) is 5.27. The van der Waals surface area contributed by atoms with E-state index in [1.807, 2.05) is 20.2 Å². The summed E-state index contributed by atoms with van der Waals surface area (Å²) in [5.74, 6) is 0.542. The Morgan fingerprint density at radius 3 is 2.73 bits per heavy atom. The molecule has 2 aromatic heterocycles. The predicted molar refractivity (Wildman–Crippen MR) is 123 cm³/mol. The zero-order valence-electron chi connectivity index (χ0n) is 18.4. The standard InChI is InChI=1S/C22H25N9O2/c1-30(2)12-14-5-3-4-13(8-14)10-23-20-27-18-15(9-17-19(32)28-22(33)26-17)11-24-31(18)21(29-20)25-16-6-7-16/h3-5,8-9,11,16H,6-7,10,12H2,1-2H3,(H2,23,25,27,29)(H2,26,28,32,33)/b17-9-. The van der Waals surface area contributed by atoms with E-state index < -0.39 is 11.9 Å². The van der Waals surface area contributed by atoms with E-state index in [0.717, 1.165) is 24.9 Å². The number of urea groups is 1. The summed E-state index contributed by atoms with van der Waals surface area (Å²) in [6.07, 6.45) is 5.32. The van der Waals surface area contributed by atoms with E-state index in [0.29, 0.717) is 35.7 Å². The van der Waals surface area contributed by atoms with Crippen molar-refractivity contribution in [2.24, 2.45) is 0 Å². The first-order chi connectivity index (χ1) is 15.9. The van der Waals surface area contributed by atoms with Gasteiger partial charge in [0.25, 0.3) is 5.91 Å². The molecule has 3 heterocycles. The molecule has 1 saturated carbocycles. The van der Waals surface area contributed by atoms with Crippen LogP contribution < -0.4 is 21.3 Å². The first-order valence-electron chi connectivity index (χ1n) is 10.8. The molecule has 0 unspecified atom stereocenters. The highest BCUT2D eigenvalue weighted by Gasteiger charge is 2.26. The molecular formula is C22H25N9O2. The molecule has 1 saturated heterocycles. The molecule has 0 radical (unpaired) electrons. The molecule has 0 spiro atoms. The molecule has 1 aliphatic carbocycles. The van der Waals surface area contributed by atoms with E-state index >= 15 is 0 Å². The molecule has 4 N–H and O–H groups in total. The SMILES string of the molecule is CN(C)Cc1cccc(CNc2nc(NC3CC3)n3ncc(/C=C4\NC(=O)NC4=O)c3n2)c1. The Balaban J connectivity index is 1.44. The van der Waals surface area contributed by atoms with Gasteiger partial charge in [-0.05, 0) is 44.1 Å². The minimum atomic E-state index is -0.549. The van der Waals surface area contributed by atoms with Crippen LogP contribution in [0.3, 0.4) is 0 Å². The highest BCUT2D eigenvalue weighted by atomic mass is 16.2. The van der Waals surface area contributed by atoms with Crippen molar-refractivity contribution >= 4 is 35.6 Å². The smallest absolute Gasteiger partial charge is 0.326 e. The normalized spacial score (nSPS) is 17.0. The highest BCUT2D eigenvalue weighted by molar-refractivity contribution is 6.14. The Kier molecular flexibility index (Phi) is 5.38. The average Bonchev–Trinajstić information content (AvgIpc) is 3.40. The Hall–Kier alpha value is -3.99. The van der Waals surface area contributed by atoms with Crippen molar-refractivity contribution in [1.29, 1.82) is 0 Å². The highest BCUT2D eigenvalue weighted by Crippen LogP contribution is 2.26. The molecule has 11 nitrogen and oxygen atoms in total. The Morgan fingerprint density at radius 2 is 2.00 bits per heavy atom. The lowest BCUT2D eigenvalue weighted by Crippen LogP contribution is -2.22. The lowest BCUT2D eigenvalue weighted by Gasteiger charge is -2.12. The molecule has 33 heavy (non-hydrogen) atoms. The molecule has 0 atom stereocenters. The number of imide groups is 1. The second kappa shape index (κ2) is 8.51. The van der Waals surface area contributed by atoms with Crippen molar-refractivity contribution in [2.75, 3.05) is 24.7 Å². The van der Waals surface area contributed by atoms with Crippen molar-refractivity contribution in [3.8, 4) is 0 Å². The van der Waals surface area contributed by atoms with Gasteiger partial charge >= 0.3 is 6.03 Å². The minimum Gasteiger partial charge on any atom is -0.351 e. The van der Waals surface area contributed by atoms with Crippen LogP contribution in [0.2, 0.25) is 0 Å². The Bertz CT molecular complexity index is 1260. The molecule has 2 fully saturated rings. The van der Waals surface area contributed by atoms with Crippen LogP contribution >= 0.6 is 0 Å². The zero-order chi connectivity index (χ0) is 22.9. The predicted octanol–water partition coefficient (Wildman–Crippen LogP) is 1.55. The van der Waals surface area contributed by atoms with Gasteiger partial charge in [0.2, 0.25) is 11.9 Å². The second-order valence-corrected chi connectivity index (χ2v) is 8.50. The number of anilines is 2. The summed E-state index contributed by atoms with van der Waals surface area (Å²) in [4.78, 5) is 34.8. The molecule has 0 bridgehead atoms. The number of carbonyl (C=O) groups is 2. The van der Waals surface area contributed by atoms with Gasteiger partial charge in [-0.3, -0.25) is 10.1 Å². The van der Waals surface area contributed by atoms with Gasteiger partial charge < -0.3 is 20.9 Å². The fraction of sp³-hybridized carbons (Fsp3) is 0.318. The first kappa shape index (κ1) is 20.9. The summed E-state index contributed by atoms with van der Waals surface area (Å²) in [5.41, 5.74) is 3.62. The van der Waals surface area contributed by atoms with Crippen molar-refractivity contribution in [3.05, 3.63) is 52.8 Å². The first-order valence-corrected chi connectivity index (χ1v) is 10.8. The number of nitrogens with one attached hydrogen (secondary N) is 4. The quantitative estimate of drug-likeness (QED) is 0.302. The van der Waals surface area contributed by atoms with Gasteiger partial charge in [0.05, 0.1) is 6.20 Å². The third kappa shape index (κ3) is 4.77. The van der Waals surface area contributed by atoms with Crippen molar-refractivity contribution in [1.82, 2.24) is 35.1 Å². The molecule has 11 heteroatoms. The number of amides is 3. The third-order valence-electron chi connectivity index (χ3n) is 5.27. The van der Waals surface area contributed by atoms with E-state index in [1.165, 1.54) is 5.56 Å². The van der Waals surface area contributed by atoms with Crippen molar-refractivity contribution < 1.29 is 9.59 Å². The van der Waals surface area contributed by atoms with Gasteiger partial charge in [0.1, 0.15) is 5.70 Å². The summed E-state index contributed by atoms with van der Waals surface area (Å²) in [7, 11) is 4.09. The topological polar surface area (TPSA) is 129 Å². The molecule has 2 aliphatic rings. The lowest BCUT2D eigenvalue weighted by molar-refractivity contribution is -0.115. The molecule has 3 amide bonds. The zero-order valence-corrected chi connectivity index (χ0v) is 18.4. The maximum absolute atomic E-state index is 11.9. The van der Waals surface area contributed by atoms with Crippen LogP contribution in [-0.4, -0.2) is 56.6 Å². The van der Waals surface area contributed by atoms with Gasteiger partial charge in [-0.1, -0.05) is 24.3 Å². The molecule has 5 rings (SSSR count). The number of hydrogen-bond acceptors (Lipinski definition) is 8. The number of hydrogen-bond donors (Lipinski definition) is 4. The number of rotatable bonds is 8. The van der Waals surface area contributed by atoms with Gasteiger partial charge in [-0.2, -0.15) is 19.6 Å². The summed E-state index contributed by atoms with van der Waals surface area (Å²) in [6.45, 7) is 1.42. The Labute approximate surface area is 190 Å². The summed E-state index contributed by atoms with van der Waals surface area (Å²) >= 11 is 0. The van der Waals surface area contributed by atoms with E-state index in [2.05, 4.69) is 59.4 Å².